The fourth-order valence-corrected chi connectivity index (χ4v) is 3.38. The van der Waals surface area contributed by atoms with Crippen LogP contribution in [0.3, 0.4) is 0 Å². The Hall–Kier alpha value is -4.68. The number of hydrogen-bond acceptors (Lipinski definition) is 11. The van der Waals surface area contributed by atoms with Crippen LogP contribution in [0.4, 0.5) is 5.69 Å². The molecular weight excluding hydrogens is 464 g/mol. The lowest BCUT2D eigenvalue weighted by Gasteiger charge is -2.07. The van der Waals surface area contributed by atoms with Crippen LogP contribution >= 0.6 is 0 Å². The molecule has 0 fully saturated rings. The van der Waals surface area contributed by atoms with E-state index in [2.05, 4.69) is 10.1 Å². The van der Waals surface area contributed by atoms with E-state index in [-0.39, 0.29) is 49.0 Å². The van der Waals surface area contributed by atoms with Crippen molar-refractivity contribution in [1.29, 1.82) is 0 Å². The lowest BCUT2D eigenvalue weighted by molar-refractivity contribution is -0.384. The van der Waals surface area contributed by atoms with Gasteiger partial charge in [-0.15, -0.1) is 0 Å². The maximum Gasteiger partial charge on any atom is 0.419 e. The number of benzene rings is 2. The van der Waals surface area contributed by atoms with Crippen LogP contribution < -0.4 is 15.2 Å². The Balaban J connectivity index is 1.32. The molecule has 0 amide bonds. The van der Waals surface area contributed by atoms with Gasteiger partial charge in [-0.25, -0.2) is 4.79 Å². The number of carbonyl (C=O) groups is 1. The molecule has 0 atom stereocenters. The number of fused-ring (bicyclic) bond motifs is 1. The Morgan fingerprint density at radius 1 is 1.17 bits per heavy atom. The number of nitro groups is 1. The summed E-state index contributed by atoms with van der Waals surface area (Å²) in [6, 6.07) is 9.02. The summed E-state index contributed by atoms with van der Waals surface area (Å²) in [6.45, 7) is -0.0523. The van der Waals surface area contributed by atoms with Crippen LogP contribution in [-0.4, -0.2) is 39.8 Å². The number of carbonyl (C=O) groups excluding carboxylic acids is 1. The number of aryl methyl sites for hydroxylation is 1. The molecule has 0 aliphatic carbocycles. The second kappa shape index (κ2) is 10.1. The van der Waals surface area contributed by atoms with Gasteiger partial charge in [0.05, 0.1) is 36.3 Å². The number of esters is 1. The van der Waals surface area contributed by atoms with Crippen molar-refractivity contribution in [3.05, 3.63) is 63.0 Å². The molecule has 35 heavy (non-hydrogen) atoms. The van der Waals surface area contributed by atoms with Gasteiger partial charge in [-0.05, 0) is 24.6 Å². The summed E-state index contributed by atoms with van der Waals surface area (Å²) in [5, 5.41) is 14.8. The lowest BCUT2D eigenvalue weighted by Crippen LogP contribution is -2.15. The summed E-state index contributed by atoms with van der Waals surface area (Å²) in [5.74, 6) is 0.275. The van der Waals surface area contributed by atoms with Crippen molar-refractivity contribution < 1.29 is 32.9 Å². The van der Waals surface area contributed by atoms with E-state index in [9.17, 15) is 19.7 Å². The highest BCUT2D eigenvalue weighted by Crippen LogP contribution is 2.31. The van der Waals surface area contributed by atoms with E-state index < -0.39 is 16.6 Å². The highest BCUT2D eigenvalue weighted by atomic mass is 16.6. The first-order valence-corrected chi connectivity index (χ1v) is 10.4. The van der Waals surface area contributed by atoms with Crippen molar-refractivity contribution in [2.75, 3.05) is 14.2 Å². The zero-order valence-corrected chi connectivity index (χ0v) is 18.8. The number of oxazole rings is 1. The monoisotopic (exact) mass is 484 g/mol. The smallest absolute Gasteiger partial charge is 0.419 e. The largest absolute Gasteiger partial charge is 0.497 e. The normalized spacial score (nSPS) is 10.9. The Kier molecular flexibility index (Phi) is 6.76. The van der Waals surface area contributed by atoms with E-state index in [1.807, 2.05) is 0 Å². The van der Waals surface area contributed by atoms with E-state index >= 15 is 0 Å². The van der Waals surface area contributed by atoms with Crippen molar-refractivity contribution >= 4 is 22.8 Å². The quantitative estimate of drug-likeness (QED) is 0.185. The first-order valence-electron chi connectivity index (χ1n) is 10.4. The van der Waals surface area contributed by atoms with Gasteiger partial charge in [-0.3, -0.25) is 19.5 Å². The maximum absolute atomic E-state index is 12.1. The summed E-state index contributed by atoms with van der Waals surface area (Å²) in [6.07, 6.45) is 0.294. The molecule has 13 heteroatoms. The topological polar surface area (TPSA) is 162 Å². The van der Waals surface area contributed by atoms with Gasteiger partial charge in [-0.1, -0.05) is 5.16 Å². The third kappa shape index (κ3) is 5.13. The van der Waals surface area contributed by atoms with E-state index in [1.165, 1.54) is 29.9 Å². The van der Waals surface area contributed by atoms with Crippen LogP contribution in [-0.2, 0) is 22.7 Å². The van der Waals surface area contributed by atoms with Crippen molar-refractivity contribution in [1.82, 2.24) is 14.7 Å². The molecule has 13 nitrogen and oxygen atoms in total. The van der Waals surface area contributed by atoms with E-state index in [4.69, 9.17) is 23.2 Å². The fraction of sp³-hybridized carbons (Fsp3) is 0.273. The van der Waals surface area contributed by atoms with Crippen molar-refractivity contribution in [3.63, 3.8) is 0 Å². The van der Waals surface area contributed by atoms with E-state index in [0.717, 1.165) is 0 Å². The van der Waals surface area contributed by atoms with Crippen LogP contribution in [0.5, 0.6) is 11.5 Å². The Morgan fingerprint density at radius 2 is 2.00 bits per heavy atom. The van der Waals surface area contributed by atoms with Crippen LogP contribution in [0.15, 0.2) is 50.1 Å². The van der Waals surface area contributed by atoms with Gasteiger partial charge >= 0.3 is 11.7 Å². The molecule has 0 unspecified atom stereocenters. The zero-order chi connectivity index (χ0) is 24.9. The number of methoxy groups -OCH3 is 2. The van der Waals surface area contributed by atoms with Crippen molar-refractivity contribution in [3.8, 4) is 22.9 Å². The van der Waals surface area contributed by atoms with Gasteiger partial charge in [0.15, 0.2) is 12.2 Å². The minimum atomic E-state index is -0.666. The number of rotatable bonds is 10. The van der Waals surface area contributed by atoms with E-state index in [0.29, 0.717) is 22.6 Å². The number of non-ortho nitro benzene ring substituents is 1. The fourth-order valence-electron chi connectivity index (χ4n) is 3.38. The third-order valence-electron chi connectivity index (χ3n) is 5.10. The predicted octanol–water partition coefficient (Wildman–Crippen LogP) is 3.09. The molecule has 4 aromatic rings. The number of ether oxygens (including phenoxy) is 3. The molecule has 0 bridgehead atoms. The first-order chi connectivity index (χ1) is 16.9. The van der Waals surface area contributed by atoms with Crippen LogP contribution in [0.25, 0.3) is 22.5 Å². The van der Waals surface area contributed by atoms with Gasteiger partial charge in [0, 0.05) is 25.1 Å². The molecule has 2 heterocycles. The molecule has 2 aromatic heterocycles. The molecule has 0 radical (unpaired) electrons. The van der Waals surface area contributed by atoms with Gasteiger partial charge < -0.3 is 23.2 Å². The van der Waals surface area contributed by atoms with Crippen molar-refractivity contribution in [2.45, 2.75) is 26.0 Å². The van der Waals surface area contributed by atoms with Gasteiger partial charge in [-0.2, -0.15) is 4.98 Å². The maximum atomic E-state index is 12.1. The molecule has 0 aliphatic rings. The number of aromatic nitrogens is 3. The Labute approximate surface area is 197 Å². The van der Waals surface area contributed by atoms with E-state index in [1.54, 1.807) is 25.3 Å². The predicted molar refractivity (Wildman–Crippen MR) is 119 cm³/mol. The third-order valence-corrected chi connectivity index (χ3v) is 5.10. The summed E-state index contributed by atoms with van der Waals surface area (Å²) >= 11 is 0. The number of hydrogen-bond donors (Lipinski definition) is 0. The summed E-state index contributed by atoms with van der Waals surface area (Å²) < 4.78 is 27.2. The number of nitro benzene ring substituents is 1. The minimum absolute atomic E-state index is 0.0133. The Bertz CT molecular complexity index is 1440. The molecule has 0 N–H and O–H groups in total. The highest BCUT2D eigenvalue weighted by Gasteiger charge is 2.17. The molecule has 182 valence electrons. The molecule has 4 rings (SSSR count). The van der Waals surface area contributed by atoms with Gasteiger partial charge in [0.25, 0.3) is 11.6 Å². The summed E-state index contributed by atoms with van der Waals surface area (Å²) in [7, 11) is 3.05. The molecule has 0 aliphatic heterocycles. The van der Waals surface area contributed by atoms with Crippen LogP contribution in [0.2, 0.25) is 0 Å². The van der Waals surface area contributed by atoms with Crippen LogP contribution in [0, 0.1) is 10.1 Å². The lowest BCUT2D eigenvalue weighted by atomic mass is 10.2. The molecule has 2 aromatic carbocycles. The first kappa shape index (κ1) is 23.5. The SMILES string of the molecule is COc1ccc(-c2noc(COC(=O)CCCn3c(=O)oc4cc([N+](=O)[O-])ccc43)n2)c(OC)c1. The van der Waals surface area contributed by atoms with Gasteiger partial charge in [0.1, 0.15) is 11.5 Å². The second-order valence-electron chi connectivity index (χ2n) is 7.27. The average molecular weight is 484 g/mol. The van der Waals surface area contributed by atoms with Crippen LogP contribution in [0.1, 0.15) is 18.7 Å². The standard InChI is InChI=1S/C22H20N4O9/c1-31-14-6-7-15(17(11-14)32-2)21-23-19(35-24-21)12-33-20(27)4-3-9-25-16-8-5-13(26(29)30)10-18(16)34-22(25)28/h5-8,10-11H,3-4,9,12H2,1-2H3. The average Bonchev–Trinajstić information content (AvgIpc) is 3.45. The minimum Gasteiger partial charge on any atom is -0.497 e. The molecule has 0 saturated carbocycles. The second-order valence-corrected chi connectivity index (χ2v) is 7.27. The molecule has 0 spiro atoms. The summed E-state index contributed by atoms with van der Waals surface area (Å²) in [4.78, 5) is 38.7. The molecule has 0 saturated heterocycles. The molecular formula is C22H20N4O9. The highest BCUT2D eigenvalue weighted by molar-refractivity contribution is 5.76. The number of nitrogens with zero attached hydrogens (tertiary/aromatic N) is 4. The van der Waals surface area contributed by atoms with Crippen molar-refractivity contribution in [2.24, 2.45) is 0 Å². The van der Waals surface area contributed by atoms with Gasteiger partial charge in [0.2, 0.25) is 5.82 Å². The Morgan fingerprint density at radius 3 is 2.74 bits per heavy atom. The summed E-state index contributed by atoms with van der Waals surface area (Å²) in [5.41, 5.74) is 0.906. The zero-order valence-electron chi connectivity index (χ0n) is 18.8.